The minimum Gasteiger partial charge on any atom is -0.366 e. The number of pyridine rings is 1. The van der Waals surface area contributed by atoms with Crippen LogP contribution in [0.3, 0.4) is 0 Å². The summed E-state index contributed by atoms with van der Waals surface area (Å²) in [6.45, 7) is 2.55. The standard InChI is InChI=1S/C21H22N6O3/c1-12-2-5-18(13-3-4-16-17(7-13)25-11-24-16)27(10-12)21(30)20(29)26-15-6-14(19(22)28)8-23-9-15/h3-4,6-9,11-12,18H,2,5,10H2,1H3,(H2,22,28)(H,24,25)(H,26,29)/t12-,18?/m0/s1. The van der Waals surface area contributed by atoms with E-state index in [1.54, 1.807) is 11.2 Å². The molecule has 1 aliphatic rings. The number of likely N-dealkylation sites (tertiary alicyclic amines) is 1. The van der Waals surface area contributed by atoms with Crippen molar-refractivity contribution in [2.24, 2.45) is 11.7 Å². The second-order valence-electron chi connectivity index (χ2n) is 7.62. The zero-order valence-electron chi connectivity index (χ0n) is 16.5. The maximum atomic E-state index is 13.0. The van der Waals surface area contributed by atoms with E-state index in [0.717, 1.165) is 29.4 Å². The summed E-state index contributed by atoms with van der Waals surface area (Å²) in [6, 6.07) is 7.01. The van der Waals surface area contributed by atoms with E-state index in [4.69, 9.17) is 5.73 Å². The number of nitrogens with two attached hydrogens (primary N) is 1. The van der Waals surface area contributed by atoms with Gasteiger partial charge in [0.05, 0.1) is 40.9 Å². The fraction of sp³-hybridized carbons (Fsp3) is 0.286. The smallest absolute Gasteiger partial charge is 0.313 e. The first-order valence-corrected chi connectivity index (χ1v) is 9.72. The Balaban J connectivity index is 1.56. The normalized spacial score (nSPS) is 18.9. The summed E-state index contributed by atoms with van der Waals surface area (Å²) in [7, 11) is 0. The quantitative estimate of drug-likeness (QED) is 0.572. The van der Waals surface area contributed by atoms with E-state index in [-0.39, 0.29) is 23.2 Å². The number of aromatic amines is 1. The molecule has 0 radical (unpaired) electrons. The predicted molar refractivity (Wildman–Crippen MR) is 110 cm³/mol. The Bertz CT molecular complexity index is 1120. The van der Waals surface area contributed by atoms with E-state index in [1.165, 1.54) is 18.5 Å². The molecule has 3 amide bonds. The number of amides is 3. The summed E-state index contributed by atoms with van der Waals surface area (Å²) < 4.78 is 0. The van der Waals surface area contributed by atoms with E-state index in [1.807, 2.05) is 18.2 Å². The third-order valence-corrected chi connectivity index (χ3v) is 5.38. The lowest BCUT2D eigenvalue weighted by atomic mass is 9.89. The van der Waals surface area contributed by atoms with E-state index >= 15 is 0 Å². The number of piperidine rings is 1. The van der Waals surface area contributed by atoms with Gasteiger partial charge in [-0.3, -0.25) is 19.4 Å². The maximum absolute atomic E-state index is 13.0. The van der Waals surface area contributed by atoms with Gasteiger partial charge < -0.3 is 20.9 Å². The zero-order valence-corrected chi connectivity index (χ0v) is 16.5. The second kappa shape index (κ2) is 7.94. The molecule has 0 aliphatic carbocycles. The molecule has 154 valence electrons. The number of anilines is 1. The highest BCUT2D eigenvalue weighted by atomic mass is 16.2. The molecule has 1 fully saturated rings. The Labute approximate surface area is 172 Å². The van der Waals surface area contributed by atoms with Crippen LogP contribution in [0.1, 0.15) is 41.7 Å². The van der Waals surface area contributed by atoms with Gasteiger partial charge in [0.25, 0.3) is 0 Å². The fourth-order valence-electron chi connectivity index (χ4n) is 3.84. The maximum Gasteiger partial charge on any atom is 0.313 e. The number of rotatable bonds is 3. The highest BCUT2D eigenvalue weighted by molar-refractivity contribution is 6.39. The molecule has 2 atom stereocenters. The third-order valence-electron chi connectivity index (χ3n) is 5.38. The van der Waals surface area contributed by atoms with Crippen LogP contribution in [-0.2, 0) is 9.59 Å². The molecule has 1 aliphatic heterocycles. The Hall–Kier alpha value is -3.75. The molecule has 9 nitrogen and oxygen atoms in total. The van der Waals surface area contributed by atoms with Gasteiger partial charge in [0.15, 0.2) is 0 Å². The van der Waals surface area contributed by atoms with E-state index in [2.05, 4.69) is 27.2 Å². The van der Waals surface area contributed by atoms with Crippen LogP contribution in [0.2, 0.25) is 0 Å². The summed E-state index contributed by atoms with van der Waals surface area (Å²) in [5, 5.41) is 2.53. The van der Waals surface area contributed by atoms with Crippen molar-refractivity contribution in [1.82, 2.24) is 19.9 Å². The highest BCUT2D eigenvalue weighted by Crippen LogP contribution is 2.34. The second-order valence-corrected chi connectivity index (χ2v) is 7.62. The van der Waals surface area contributed by atoms with Crippen molar-refractivity contribution >= 4 is 34.4 Å². The first-order chi connectivity index (χ1) is 14.4. The number of hydrogen-bond donors (Lipinski definition) is 3. The Morgan fingerprint density at radius 1 is 1.20 bits per heavy atom. The van der Waals surface area contributed by atoms with Crippen molar-refractivity contribution < 1.29 is 14.4 Å². The Morgan fingerprint density at radius 3 is 2.83 bits per heavy atom. The van der Waals surface area contributed by atoms with Crippen molar-refractivity contribution in [2.75, 3.05) is 11.9 Å². The highest BCUT2D eigenvalue weighted by Gasteiger charge is 2.34. The topological polar surface area (TPSA) is 134 Å². The molecule has 3 aromatic rings. The molecule has 30 heavy (non-hydrogen) atoms. The van der Waals surface area contributed by atoms with Gasteiger partial charge >= 0.3 is 11.8 Å². The summed E-state index contributed by atoms with van der Waals surface area (Å²) in [6.07, 6.45) is 6.01. The molecular formula is C21H22N6O3. The third kappa shape index (κ3) is 3.86. The number of nitrogens with one attached hydrogen (secondary N) is 2. The number of benzene rings is 1. The fourth-order valence-corrected chi connectivity index (χ4v) is 3.84. The minimum absolute atomic E-state index is 0.151. The van der Waals surface area contributed by atoms with Gasteiger partial charge in [0.1, 0.15) is 0 Å². The summed E-state index contributed by atoms with van der Waals surface area (Å²) in [5.74, 6) is -1.78. The molecule has 0 saturated carbocycles. The van der Waals surface area contributed by atoms with Gasteiger partial charge in [-0.1, -0.05) is 13.0 Å². The molecule has 2 aromatic heterocycles. The van der Waals surface area contributed by atoms with Crippen LogP contribution in [-0.4, -0.2) is 44.1 Å². The molecule has 0 bridgehead atoms. The van der Waals surface area contributed by atoms with Gasteiger partial charge in [-0.25, -0.2) is 4.98 Å². The van der Waals surface area contributed by atoms with E-state index in [9.17, 15) is 14.4 Å². The van der Waals surface area contributed by atoms with Gasteiger partial charge in [-0.15, -0.1) is 0 Å². The SMILES string of the molecule is C[C@H]1CCC(c2ccc3nc[nH]c3c2)N(C(=O)C(=O)Nc2cncc(C(N)=O)c2)C1. The van der Waals surface area contributed by atoms with Gasteiger partial charge in [0, 0.05) is 12.7 Å². The van der Waals surface area contributed by atoms with Crippen LogP contribution in [0.15, 0.2) is 43.0 Å². The van der Waals surface area contributed by atoms with E-state index < -0.39 is 17.7 Å². The number of imidazole rings is 1. The molecule has 1 unspecified atom stereocenters. The van der Waals surface area contributed by atoms with Crippen LogP contribution in [0.4, 0.5) is 5.69 Å². The van der Waals surface area contributed by atoms with Crippen molar-refractivity contribution in [3.8, 4) is 0 Å². The number of nitrogens with zero attached hydrogens (tertiary/aromatic N) is 3. The average molecular weight is 406 g/mol. The minimum atomic E-state index is -0.778. The summed E-state index contributed by atoms with van der Waals surface area (Å²) in [4.78, 5) is 49.9. The van der Waals surface area contributed by atoms with Crippen molar-refractivity contribution in [2.45, 2.75) is 25.8 Å². The first kappa shape index (κ1) is 19.6. The molecule has 1 saturated heterocycles. The van der Waals surface area contributed by atoms with Crippen LogP contribution in [0.25, 0.3) is 11.0 Å². The van der Waals surface area contributed by atoms with E-state index in [0.29, 0.717) is 6.54 Å². The molecule has 1 aromatic carbocycles. The van der Waals surface area contributed by atoms with Crippen LogP contribution in [0.5, 0.6) is 0 Å². The van der Waals surface area contributed by atoms with Crippen molar-refractivity contribution in [3.63, 3.8) is 0 Å². The number of hydrogen-bond acceptors (Lipinski definition) is 5. The van der Waals surface area contributed by atoms with Gasteiger partial charge in [-0.05, 0) is 42.5 Å². The number of carbonyl (C=O) groups excluding carboxylic acids is 3. The first-order valence-electron chi connectivity index (χ1n) is 9.72. The largest absolute Gasteiger partial charge is 0.366 e. The van der Waals surface area contributed by atoms with Crippen LogP contribution >= 0.6 is 0 Å². The lowest BCUT2D eigenvalue weighted by molar-refractivity contribution is -0.146. The lowest BCUT2D eigenvalue weighted by Gasteiger charge is -2.38. The number of aromatic nitrogens is 3. The number of primary amides is 1. The van der Waals surface area contributed by atoms with Crippen LogP contribution in [0, 0.1) is 5.92 Å². The van der Waals surface area contributed by atoms with Crippen molar-refractivity contribution in [3.05, 3.63) is 54.1 Å². The Kier molecular flexibility index (Phi) is 5.18. The van der Waals surface area contributed by atoms with Gasteiger partial charge in [0.2, 0.25) is 5.91 Å². The average Bonchev–Trinajstić information content (AvgIpc) is 3.21. The lowest BCUT2D eigenvalue weighted by Crippen LogP contribution is -2.46. The van der Waals surface area contributed by atoms with Gasteiger partial charge in [-0.2, -0.15) is 0 Å². The molecule has 4 N–H and O–H groups in total. The zero-order chi connectivity index (χ0) is 21.3. The summed E-state index contributed by atoms with van der Waals surface area (Å²) in [5.41, 5.74) is 8.33. The molecule has 9 heteroatoms. The number of carbonyl (C=O) groups is 3. The summed E-state index contributed by atoms with van der Waals surface area (Å²) >= 11 is 0. The number of H-pyrrole nitrogens is 1. The number of fused-ring (bicyclic) bond motifs is 1. The van der Waals surface area contributed by atoms with Crippen molar-refractivity contribution in [1.29, 1.82) is 0 Å². The molecule has 0 spiro atoms. The van der Waals surface area contributed by atoms with Crippen LogP contribution < -0.4 is 11.1 Å². The monoisotopic (exact) mass is 406 g/mol. The predicted octanol–water partition coefficient (Wildman–Crippen LogP) is 2.00. The Morgan fingerprint density at radius 2 is 2.03 bits per heavy atom. The molecule has 3 heterocycles. The molecule has 4 rings (SSSR count). The molecular weight excluding hydrogens is 384 g/mol.